The third-order valence-corrected chi connectivity index (χ3v) is 2.70. The Morgan fingerprint density at radius 2 is 1.14 bits per heavy atom. The van der Waals surface area contributed by atoms with Crippen LogP contribution in [0, 0.1) is 6.58 Å². The van der Waals surface area contributed by atoms with Gasteiger partial charge in [-0.15, -0.1) is 0 Å². The zero-order valence-corrected chi connectivity index (χ0v) is 10.1. The smallest absolute Gasteiger partial charge is 0.0317 e. The van der Waals surface area contributed by atoms with Crippen molar-refractivity contribution in [2.75, 3.05) is 0 Å². The Balaban J connectivity index is 3.10. The number of rotatable bonds is 10. The fraction of sp³-hybridized carbons (Fsp3) is 0.857. The van der Waals surface area contributed by atoms with Crippen LogP contribution in [0.3, 0.4) is 0 Å². The van der Waals surface area contributed by atoms with E-state index in [1.165, 1.54) is 56.9 Å². The first-order valence-electron chi connectivity index (χ1n) is 6.41. The van der Waals surface area contributed by atoms with Gasteiger partial charge in [0.05, 0.1) is 0 Å². The molecule has 0 bridgehead atoms. The molecule has 0 unspecified atom stereocenters. The van der Waals surface area contributed by atoms with Gasteiger partial charge < -0.3 is 0 Å². The van der Waals surface area contributed by atoms with Gasteiger partial charge in [-0.3, -0.25) is 0 Å². The molecule has 0 spiro atoms. The molecule has 14 heavy (non-hydrogen) atoms. The number of allylic oxidation sites excluding steroid dienone is 1. The number of unbranched alkanes of at least 4 members (excludes halogenated alkanes) is 6. The van der Waals surface area contributed by atoms with E-state index >= 15 is 0 Å². The van der Waals surface area contributed by atoms with Gasteiger partial charge in [0.25, 0.3) is 0 Å². The molecule has 83 valence electrons. The maximum atomic E-state index is 5.95. The second-order valence-electron chi connectivity index (χ2n) is 4.28. The average molecular weight is 195 g/mol. The van der Waals surface area contributed by atoms with E-state index in [-0.39, 0.29) is 0 Å². The Bertz CT molecular complexity index is 124. The predicted molar refractivity (Wildman–Crippen MR) is 65.3 cm³/mol. The van der Waals surface area contributed by atoms with Gasteiger partial charge in [0.1, 0.15) is 0 Å². The normalized spacial score (nSPS) is 10.4. The number of hydrogen-bond acceptors (Lipinski definition) is 0. The molecule has 0 aliphatic rings. The molecule has 0 saturated carbocycles. The van der Waals surface area contributed by atoms with E-state index in [4.69, 9.17) is 6.58 Å². The van der Waals surface area contributed by atoms with E-state index in [2.05, 4.69) is 13.8 Å². The van der Waals surface area contributed by atoms with Crippen LogP contribution in [0.5, 0.6) is 0 Å². The third-order valence-electron chi connectivity index (χ3n) is 2.70. The van der Waals surface area contributed by atoms with Gasteiger partial charge in [0.2, 0.25) is 0 Å². The summed E-state index contributed by atoms with van der Waals surface area (Å²) in [6.45, 7) is 10.4. The van der Waals surface area contributed by atoms with E-state index < -0.39 is 0 Å². The molecule has 0 rings (SSSR count). The summed E-state index contributed by atoms with van der Waals surface area (Å²) < 4.78 is 0. The van der Waals surface area contributed by atoms with Crippen LogP contribution >= 0.6 is 0 Å². The van der Waals surface area contributed by atoms with E-state index in [1.807, 2.05) is 0 Å². The zero-order valence-electron chi connectivity index (χ0n) is 10.1. The monoisotopic (exact) mass is 195 g/mol. The number of hydrogen-bond donors (Lipinski definition) is 0. The van der Waals surface area contributed by atoms with Crippen molar-refractivity contribution in [2.45, 2.75) is 78.1 Å². The Labute approximate surface area is 90.8 Å². The van der Waals surface area contributed by atoms with Gasteiger partial charge in [-0.25, -0.2) is 0 Å². The molecule has 0 saturated heterocycles. The standard InChI is InChI=1S/C14H27/c1-4-6-8-9-11-13-14(3)12-10-7-5-2/h3H,4-13H2,1-2H3. The summed E-state index contributed by atoms with van der Waals surface area (Å²) in [4.78, 5) is 0. The lowest BCUT2D eigenvalue weighted by Gasteiger charge is -2.04. The van der Waals surface area contributed by atoms with Crippen LogP contribution in [0.2, 0.25) is 0 Å². The summed E-state index contributed by atoms with van der Waals surface area (Å²) >= 11 is 0. The zero-order chi connectivity index (χ0) is 10.6. The van der Waals surface area contributed by atoms with Gasteiger partial charge >= 0.3 is 0 Å². The van der Waals surface area contributed by atoms with Crippen molar-refractivity contribution in [3.63, 3.8) is 0 Å². The van der Waals surface area contributed by atoms with Gasteiger partial charge in [0, 0.05) is 0 Å². The average Bonchev–Trinajstić information content (AvgIpc) is 2.18. The van der Waals surface area contributed by atoms with Crippen LogP contribution < -0.4 is 0 Å². The van der Waals surface area contributed by atoms with Crippen LogP contribution in [0.15, 0.2) is 5.57 Å². The lowest BCUT2D eigenvalue weighted by Crippen LogP contribution is -1.85. The highest BCUT2D eigenvalue weighted by molar-refractivity contribution is 4.90. The molecule has 0 amide bonds. The summed E-state index contributed by atoms with van der Waals surface area (Å²) in [6.07, 6.45) is 13.0. The quantitative estimate of drug-likeness (QED) is 0.416. The van der Waals surface area contributed by atoms with Crippen molar-refractivity contribution in [1.82, 2.24) is 0 Å². The molecule has 0 aliphatic carbocycles. The molecule has 0 aromatic rings. The fourth-order valence-corrected chi connectivity index (χ4v) is 1.68. The SMILES string of the molecule is [CH]=C(CCCCC)CCCCCCC. The predicted octanol–water partition coefficient (Wildman–Crippen LogP) is 5.29. The van der Waals surface area contributed by atoms with Crippen LogP contribution in [0.4, 0.5) is 0 Å². The molecule has 0 heteroatoms. The van der Waals surface area contributed by atoms with Crippen LogP contribution in [-0.4, -0.2) is 0 Å². The first kappa shape index (κ1) is 13.7. The molecule has 0 atom stereocenters. The van der Waals surface area contributed by atoms with Crippen LogP contribution in [-0.2, 0) is 0 Å². The summed E-state index contributed by atoms with van der Waals surface area (Å²) in [6, 6.07) is 0. The highest BCUT2D eigenvalue weighted by Gasteiger charge is 1.95. The molecular weight excluding hydrogens is 168 g/mol. The molecule has 0 aromatic heterocycles. The Hall–Kier alpha value is -0.260. The summed E-state index contributed by atoms with van der Waals surface area (Å²) in [5.41, 5.74) is 1.23. The largest absolute Gasteiger partial charge is 0.0702 e. The second kappa shape index (κ2) is 10.8. The molecular formula is C14H27. The Kier molecular flexibility index (Phi) is 10.6. The van der Waals surface area contributed by atoms with Crippen molar-refractivity contribution in [3.05, 3.63) is 12.2 Å². The van der Waals surface area contributed by atoms with Crippen molar-refractivity contribution < 1.29 is 0 Å². The van der Waals surface area contributed by atoms with Gasteiger partial charge in [-0.2, -0.15) is 0 Å². The van der Waals surface area contributed by atoms with Crippen molar-refractivity contribution in [1.29, 1.82) is 0 Å². The first-order valence-corrected chi connectivity index (χ1v) is 6.41. The summed E-state index contributed by atoms with van der Waals surface area (Å²) in [5.74, 6) is 0. The molecule has 0 aliphatic heterocycles. The van der Waals surface area contributed by atoms with E-state index in [1.54, 1.807) is 0 Å². The third kappa shape index (κ3) is 9.83. The summed E-state index contributed by atoms with van der Waals surface area (Å²) in [7, 11) is 0. The maximum absolute atomic E-state index is 5.95. The molecule has 1 radical (unpaired) electrons. The lowest BCUT2D eigenvalue weighted by molar-refractivity contribution is 0.615. The molecule has 0 N–H and O–H groups in total. The Morgan fingerprint density at radius 1 is 0.714 bits per heavy atom. The topological polar surface area (TPSA) is 0 Å². The molecule has 0 fully saturated rings. The summed E-state index contributed by atoms with van der Waals surface area (Å²) in [5, 5.41) is 0. The fourth-order valence-electron chi connectivity index (χ4n) is 1.68. The van der Waals surface area contributed by atoms with Crippen molar-refractivity contribution in [2.24, 2.45) is 0 Å². The molecule has 0 heterocycles. The van der Waals surface area contributed by atoms with Crippen molar-refractivity contribution in [3.8, 4) is 0 Å². The molecule has 0 nitrogen and oxygen atoms in total. The van der Waals surface area contributed by atoms with E-state index in [0.29, 0.717) is 0 Å². The Morgan fingerprint density at radius 3 is 1.71 bits per heavy atom. The minimum absolute atomic E-state index is 1.15. The highest BCUT2D eigenvalue weighted by atomic mass is 14.0. The first-order chi connectivity index (χ1) is 6.81. The van der Waals surface area contributed by atoms with Gasteiger partial charge in [-0.05, 0) is 25.7 Å². The van der Waals surface area contributed by atoms with Crippen LogP contribution in [0.25, 0.3) is 0 Å². The van der Waals surface area contributed by atoms with E-state index in [0.717, 1.165) is 12.8 Å². The lowest BCUT2D eigenvalue weighted by atomic mass is 10.0. The van der Waals surface area contributed by atoms with E-state index in [9.17, 15) is 0 Å². The highest BCUT2D eigenvalue weighted by Crippen LogP contribution is 2.14. The minimum atomic E-state index is 1.15. The van der Waals surface area contributed by atoms with Gasteiger partial charge in [-0.1, -0.05) is 64.5 Å². The van der Waals surface area contributed by atoms with Crippen LogP contribution in [0.1, 0.15) is 78.1 Å². The minimum Gasteiger partial charge on any atom is -0.0702 e. The molecule has 0 aromatic carbocycles. The second-order valence-corrected chi connectivity index (χ2v) is 4.28. The maximum Gasteiger partial charge on any atom is -0.0317 e. The van der Waals surface area contributed by atoms with Gasteiger partial charge in [0.15, 0.2) is 0 Å². The van der Waals surface area contributed by atoms with Crippen molar-refractivity contribution >= 4 is 0 Å².